The third-order valence-electron chi connectivity index (χ3n) is 7.48. The molecule has 194 valence electrons. The summed E-state index contributed by atoms with van der Waals surface area (Å²) in [5.41, 5.74) is 1.79. The summed E-state index contributed by atoms with van der Waals surface area (Å²) in [6.45, 7) is 4.68. The number of fused-ring (bicyclic) bond motifs is 2. The Morgan fingerprint density at radius 3 is 2.62 bits per heavy atom. The van der Waals surface area contributed by atoms with Crippen molar-refractivity contribution < 1.29 is 23.7 Å². The Hall–Kier alpha value is -3.79. The summed E-state index contributed by atoms with van der Waals surface area (Å²) in [5.74, 6) is 1.99. The van der Waals surface area contributed by atoms with Gasteiger partial charge in [0.1, 0.15) is 24.6 Å². The van der Waals surface area contributed by atoms with Crippen LogP contribution in [0.15, 0.2) is 47.4 Å². The van der Waals surface area contributed by atoms with Gasteiger partial charge < -0.3 is 28.4 Å². The zero-order chi connectivity index (χ0) is 25.4. The van der Waals surface area contributed by atoms with Crippen LogP contribution in [-0.4, -0.2) is 72.6 Å². The van der Waals surface area contributed by atoms with E-state index in [0.717, 1.165) is 55.6 Å². The van der Waals surface area contributed by atoms with E-state index in [9.17, 15) is 9.59 Å². The number of benzene rings is 1. The molecule has 0 unspecified atom stereocenters. The molecule has 3 aliphatic rings. The summed E-state index contributed by atoms with van der Waals surface area (Å²) >= 11 is 0. The maximum atomic E-state index is 12.8. The van der Waals surface area contributed by atoms with Crippen molar-refractivity contribution in [1.29, 1.82) is 0 Å². The largest absolute Gasteiger partial charge is 0.495 e. The maximum Gasteiger partial charge on any atom is 0.415 e. The van der Waals surface area contributed by atoms with Crippen LogP contribution in [-0.2, 0) is 11.3 Å². The van der Waals surface area contributed by atoms with Gasteiger partial charge in [-0.05, 0) is 31.2 Å². The lowest BCUT2D eigenvalue weighted by Crippen LogP contribution is -2.47. The summed E-state index contributed by atoms with van der Waals surface area (Å²) in [4.78, 5) is 33.8. The van der Waals surface area contributed by atoms with E-state index in [1.54, 1.807) is 34.9 Å². The minimum Gasteiger partial charge on any atom is -0.495 e. The molecular formula is C27H30N4O6. The number of amides is 1. The summed E-state index contributed by atoms with van der Waals surface area (Å²) in [6.07, 6.45) is 3.71. The van der Waals surface area contributed by atoms with Crippen molar-refractivity contribution in [2.75, 3.05) is 51.4 Å². The fourth-order valence-electron chi connectivity index (χ4n) is 5.41. The standard InChI is InChI=1S/C27H30N4O6/c1-34-20-16-22-21(28-17-20)4-6-25(32)30(22)10-2-9-29-11-7-27(8-12-29)18-31(26(33)37-27)19-3-5-23-24(15-19)36-14-13-35-23/h3-6,15-17H,2,7-14,18H2,1H3. The minimum absolute atomic E-state index is 0.0442. The van der Waals surface area contributed by atoms with Crippen LogP contribution in [0.2, 0.25) is 0 Å². The second-order valence-electron chi connectivity index (χ2n) is 9.76. The van der Waals surface area contributed by atoms with Crippen molar-refractivity contribution in [3.8, 4) is 17.2 Å². The number of pyridine rings is 2. The molecular weight excluding hydrogens is 476 g/mol. The smallest absolute Gasteiger partial charge is 0.415 e. The molecule has 1 spiro atoms. The molecule has 0 atom stereocenters. The molecule has 10 heteroatoms. The third-order valence-corrected chi connectivity index (χ3v) is 7.48. The Labute approximate surface area is 214 Å². The SMILES string of the molecule is COc1cnc2ccc(=O)n(CCCN3CCC4(CC3)CN(c3ccc5c(c3)OCCO5)C(=O)O4)c2c1. The van der Waals surface area contributed by atoms with Crippen LogP contribution in [0.1, 0.15) is 19.3 Å². The van der Waals surface area contributed by atoms with Crippen LogP contribution >= 0.6 is 0 Å². The third kappa shape index (κ3) is 4.57. The van der Waals surface area contributed by atoms with Gasteiger partial charge in [0.25, 0.3) is 5.56 Å². The molecule has 2 aromatic heterocycles. The fourth-order valence-corrected chi connectivity index (χ4v) is 5.41. The summed E-state index contributed by atoms with van der Waals surface area (Å²) in [7, 11) is 1.59. The van der Waals surface area contributed by atoms with Gasteiger partial charge >= 0.3 is 6.09 Å². The average Bonchev–Trinajstić information content (AvgIpc) is 3.25. The van der Waals surface area contributed by atoms with Crippen molar-refractivity contribution in [2.24, 2.45) is 0 Å². The lowest BCUT2D eigenvalue weighted by Gasteiger charge is -2.37. The number of carbonyl (C=O) groups excluding carboxylic acids is 1. The first kappa shape index (κ1) is 23.6. The average molecular weight is 507 g/mol. The van der Waals surface area contributed by atoms with Crippen LogP contribution < -0.4 is 24.7 Å². The number of aromatic nitrogens is 2. The molecule has 1 amide bonds. The highest BCUT2D eigenvalue weighted by molar-refractivity contribution is 5.90. The van der Waals surface area contributed by atoms with Gasteiger partial charge in [0.05, 0.1) is 36.6 Å². The van der Waals surface area contributed by atoms with Crippen LogP contribution in [0.3, 0.4) is 0 Å². The number of carbonyl (C=O) groups is 1. The predicted molar refractivity (Wildman–Crippen MR) is 137 cm³/mol. The van der Waals surface area contributed by atoms with Crippen molar-refractivity contribution in [3.63, 3.8) is 0 Å². The molecule has 0 saturated carbocycles. The molecule has 2 fully saturated rings. The molecule has 1 aromatic carbocycles. The lowest BCUT2D eigenvalue weighted by atomic mass is 9.91. The molecule has 0 radical (unpaired) electrons. The maximum absolute atomic E-state index is 12.8. The first-order valence-electron chi connectivity index (χ1n) is 12.7. The zero-order valence-electron chi connectivity index (χ0n) is 20.9. The van der Waals surface area contributed by atoms with Gasteiger partial charge in [-0.2, -0.15) is 0 Å². The number of hydrogen-bond acceptors (Lipinski definition) is 8. The number of piperidine rings is 1. The van der Waals surface area contributed by atoms with Gasteiger partial charge in [-0.15, -0.1) is 0 Å². The van der Waals surface area contributed by atoms with Crippen molar-refractivity contribution in [1.82, 2.24) is 14.5 Å². The molecule has 3 aromatic rings. The quantitative estimate of drug-likeness (QED) is 0.504. The van der Waals surface area contributed by atoms with Crippen LogP contribution in [0.25, 0.3) is 11.0 Å². The van der Waals surface area contributed by atoms with Crippen LogP contribution in [0.5, 0.6) is 17.2 Å². The summed E-state index contributed by atoms with van der Waals surface area (Å²) in [5, 5.41) is 0. The highest BCUT2D eigenvalue weighted by Gasteiger charge is 2.47. The summed E-state index contributed by atoms with van der Waals surface area (Å²) < 4.78 is 24.3. The van der Waals surface area contributed by atoms with Gasteiger partial charge in [0.15, 0.2) is 11.5 Å². The number of ether oxygens (including phenoxy) is 4. The number of hydrogen-bond donors (Lipinski definition) is 0. The molecule has 0 aliphatic carbocycles. The number of anilines is 1. The van der Waals surface area contributed by atoms with Gasteiger partial charge in [-0.1, -0.05) is 0 Å². The first-order valence-corrected chi connectivity index (χ1v) is 12.7. The molecule has 5 heterocycles. The predicted octanol–water partition coefficient (Wildman–Crippen LogP) is 3.06. The van der Waals surface area contributed by atoms with Crippen molar-refractivity contribution in [3.05, 3.63) is 52.9 Å². The highest BCUT2D eigenvalue weighted by atomic mass is 16.6. The van der Waals surface area contributed by atoms with Crippen LogP contribution in [0, 0.1) is 0 Å². The van der Waals surface area contributed by atoms with E-state index in [2.05, 4.69) is 9.88 Å². The van der Waals surface area contributed by atoms with Crippen molar-refractivity contribution in [2.45, 2.75) is 31.4 Å². The molecule has 0 bridgehead atoms. The molecule has 0 N–H and O–H groups in total. The number of methoxy groups -OCH3 is 1. The van der Waals surface area contributed by atoms with E-state index in [-0.39, 0.29) is 11.7 Å². The Balaban J connectivity index is 1.06. The Kier molecular flexibility index (Phi) is 6.11. The van der Waals surface area contributed by atoms with Crippen LogP contribution in [0.4, 0.5) is 10.5 Å². The van der Waals surface area contributed by atoms with E-state index in [0.29, 0.717) is 43.6 Å². The number of likely N-dealkylation sites (tertiary alicyclic amines) is 1. The zero-order valence-corrected chi connectivity index (χ0v) is 20.9. The van der Waals surface area contributed by atoms with E-state index in [4.69, 9.17) is 18.9 Å². The first-order chi connectivity index (χ1) is 18.0. The Morgan fingerprint density at radius 1 is 1.00 bits per heavy atom. The second-order valence-corrected chi connectivity index (χ2v) is 9.76. The fraction of sp³-hybridized carbons (Fsp3) is 0.444. The van der Waals surface area contributed by atoms with Gasteiger partial charge in [-0.25, -0.2) is 4.79 Å². The molecule has 3 aliphatic heterocycles. The highest BCUT2D eigenvalue weighted by Crippen LogP contribution is 2.39. The van der Waals surface area contributed by atoms with E-state index < -0.39 is 5.60 Å². The van der Waals surface area contributed by atoms with E-state index in [1.165, 1.54) is 0 Å². The number of rotatable bonds is 6. The molecule has 10 nitrogen and oxygen atoms in total. The topological polar surface area (TPSA) is 95.4 Å². The number of aryl methyl sites for hydroxylation is 1. The monoisotopic (exact) mass is 506 g/mol. The Bertz CT molecular complexity index is 1380. The summed E-state index contributed by atoms with van der Waals surface area (Å²) in [6, 6.07) is 10.7. The minimum atomic E-state index is -0.477. The molecule has 37 heavy (non-hydrogen) atoms. The van der Waals surface area contributed by atoms with Crippen molar-refractivity contribution >= 4 is 22.8 Å². The van der Waals surface area contributed by atoms with Gasteiger partial charge in [0, 0.05) is 50.7 Å². The van der Waals surface area contributed by atoms with Gasteiger partial charge in [-0.3, -0.25) is 14.7 Å². The van der Waals surface area contributed by atoms with E-state index in [1.807, 2.05) is 24.3 Å². The van der Waals surface area contributed by atoms with Gasteiger partial charge in [0.2, 0.25) is 0 Å². The number of nitrogens with zero attached hydrogens (tertiary/aromatic N) is 4. The molecule has 2 saturated heterocycles. The lowest BCUT2D eigenvalue weighted by molar-refractivity contribution is 0.000587. The normalized spacial score (nSPS) is 18.8. The Morgan fingerprint density at radius 2 is 1.81 bits per heavy atom. The second kappa shape index (κ2) is 9.59. The molecule has 6 rings (SSSR count). The van der Waals surface area contributed by atoms with E-state index >= 15 is 0 Å².